The first-order chi connectivity index (χ1) is 9.91. The molecule has 1 aromatic heterocycles. The highest BCUT2D eigenvalue weighted by atomic mass is 32.2. The summed E-state index contributed by atoms with van der Waals surface area (Å²) in [5.41, 5.74) is 0.907. The van der Waals surface area contributed by atoms with Crippen LogP contribution in [0.1, 0.15) is 52.1 Å². The Balaban J connectivity index is 2.15. The van der Waals surface area contributed by atoms with Crippen LogP contribution < -0.4 is 5.32 Å². The van der Waals surface area contributed by atoms with Crippen molar-refractivity contribution in [2.45, 2.75) is 70.0 Å². The van der Waals surface area contributed by atoms with Crippen LogP contribution in [0.3, 0.4) is 0 Å². The zero-order valence-electron chi connectivity index (χ0n) is 13.2. The highest BCUT2D eigenvalue weighted by molar-refractivity contribution is 7.89. The molecule has 120 valence electrons. The number of H-pyrrole nitrogens is 1. The van der Waals surface area contributed by atoms with Crippen molar-refractivity contribution in [3.8, 4) is 0 Å². The number of nitrogens with zero attached hydrogens (tertiary/aromatic N) is 1. The Morgan fingerprint density at radius 2 is 2.14 bits per heavy atom. The summed E-state index contributed by atoms with van der Waals surface area (Å²) in [7, 11) is -3.38. The maximum atomic E-state index is 12.8. The van der Waals surface area contributed by atoms with E-state index in [2.05, 4.69) is 24.1 Å². The van der Waals surface area contributed by atoms with E-state index in [0.29, 0.717) is 24.0 Å². The normalized spacial score (nSPS) is 21.6. The van der Waals surface area contributed by atoms with Crippen molar-refractivity contribution < 1.29 is 8.42 Å². The van der Waals surface area contributed by atoms with Crippen molar-refractivity contribution in [3.63, 3.8) is 0 Å². The van der Waals surface area contributed by atoms with Gasteiger partial charge in [-0.2, -0.15) is 4.31 Å². The summed E-state index contributed by atoms with van der Waals surface area (Å²) in [6.07, 6.45) is 5.75. The molecule has 0 amide bonds. The molecule has 1 aliphatic heterocycles. The summed E-state index contributed by atoms with van der Waals surface area (Å²) >= 11 is 0. The van der Waals surface area contributed by atoms with Gasteiger partial charge in [-0.05, 0) is 25.8 Å². The minimum atomic E-state index is -3.38. The van der Waals surface area contributed by atoms with E-state index in [9.17, 15) is 8.42 Å². The monoisotopic (exact) mass is 313 g/mol. The van der Waals surface area contributed by atoms with Crippen LogP contribution in [0.2, 0.25) is 0 Å². The van der Waals surface area contributed by atoms with E-state index in [1.54, 1.807) is 16.6 Å². The van der Waals surface area contributed by atoms with Crippen LogP contribution in [0.5, 0.6) is 0 Å². The summed E-state index contributed by atoms with van der Waals surface area (Å²) in [4.78, 5) is 3.45. The second kappa shape index (κ2) is 6.94. The molecule has 1 unspecified atom stereocenters. The van der Waals surface area contributed by atoms with Crippen molar-refractivity contribution in [3.05, 3.63) is 18.0 Å². The van der Waals surface area contributed by atoms with Crippen LogP contribution in [0.15, 0.2) is 17.2 Å². The second-order valence-corrected chi connectivity index (χ2v) is 8.10. The van der Waals surface area contributed by atoms with Gasteiger partial charge in [0.15, 0.2) is 0 Å². The Morgan fingerprint density at radius 1 is 1.38 bits per heavy atom. The number of sulfonamides is 1. The summed E-state index contributed by atoms with van der Waals surface area (Å²) in [6.45, 7) is 7.44. The predicted octanol–water partition coefficient (Wildman–Crippen LogP) is 2.47. The Hall–Kier alpha value is -0.850. The number of rotatable bonds is 5. The standard InChI is InChI=1S/C15H27N3O2S/c1-12(2)16-10-14-9-15(11-17-14)21(19,20)18-8-6-4-5-7-13(18)3/h9,11-13,16-17H,4-8,10H2,1-3H3. The van der Waals surface area contributed by atoms with Crippen LogP contribution >= 0.6 is 0 Å². The molecule has 0 radical (unpaired) electrons. The molecule has 2 N–H and O–H groups in total. The Bertz CT molecular complexity index is 551. The van der Waals surface area contributed by atoms with E-state index in [-0.39, 0.29) is 6.04 Å². The lowest BCUT2D eigenvalue weighted by Crippen LogP contribution is -2.38. The van der Waals surface area contributed by atoms with Gasteiger partial charge in [0, 0.05) is 37.1 Å². The van der Waals surface area contributed by atoms with Crippen LogP contribution in [-0.4, -0.2) is 36.3 Å². The summed E-state index contributed by atoms with van der Waals surface area (Å²) < 4.78 is 27.2. The van der Waals surface area contributed by atoms with Crippen molar-refractivity contribution in [2.75, 3.05) is 6.54 Å². The van der Waals surface area contributed by atoms with E-state index in [1.165, 1.54) is 0 Å². The molecule has 21 heavy (non-hydrogen) atoms. The van der Waals surface area contributed by atoms with Crippen LogP contribution in [0.4, 0.5) is 0 Å². The van der Waals surface area contributed by atoms with Gasteiger partial charge in [-0.15, -0.1) is 0 Å². The van der Waals surface area contributed by atoms with Gasteiger partial charge in [0.05, 0.1) is 4.90 Å². The molecular weight excluding hydrogens is 286 g/mol. The molecule has 2 heterocycles. The molecular formula is C15H27N3O2S. The van der Waals surface area contributed by atoms with Gasteiger partial charge in [-0.25, -0.2) is 8.42 Å². The highest BCUT2D eigenvalue weighted by Gasteiger charge is 2.30. The fraction of sp³-hybridized carbons (Fsp3) is 0.733. The molecule has 1 fully saturated rings. The van der Waals surface area contributed by atoms with Gasteiger partial charge in [-0.1, -0.05) is 26.7 Å². The van der Waals surface area contributed by atoms with E-state index < -0.39 is 10.0 Å². The minimum Gasteiger partial charge on any atom is -0.363 e. The molecule has 0 aromatic carbocycles. The lowest BCUT2D eigenvalue weighted by atomic mass is 10.1. The van der Waals surface area contributed by atoms with E-state index in [4.69, 9.17) is 0 Å². The summed E-state index contributed by atoms with van der Waals surface area (Å²) in [5, 5.41) is 3.29. The first kappa shape index (κ1) is 16.5. The molecule has 1 aromatic rings. The van der Waals surface area contributed by atoms with Gasteiger partial charge >= 0.3 is 0 Å². The summed E-state index contributed by atoms with van der Waals surface area (Å²) in [5.74, 6) is 0. The first-order valence-electron chi connectivity index (χ1n) is 7.84. The first-order valence-corrected chi connectivity index (χ1v) is 9.28. The second-order valence-electron chi connectivity index (χ2n) is 6.21. The third-order valence-electron chi connectivity index (χ3n) is 4.02. The van der Waals surface area contributed by atoms with E-state index in [1.807, 2.05) is 6.92 Å². The largest absolute Gasteiger partial charge is 0.363 e. The average Bonchev–Trinajstić information content (AvgIpc) is 2.79. The molecule has 0 aliphatic carbocycles. The third-order valence-corrected chi connectivity index (χ3v) is 6.01. The molecule has 5 nitrogen and oxygen atoms in total. The lowest BCUT2D eigenvalue weighted by molar-refractivity contribution is 0.342. The average molecular weight is 313 g/mol. The quantitative estimate of drug-likeness (QED) is 0.877. The number of hydrogen-bond acceptors (Lipinski definition) is 3. The molecule has 1 aliphatic rings. The van der Waals surface area contributed by atoms with Crippen LogP contribution in [-0.2, 0) is 16.6 Å². The van der Waals surface area contributed by atoms with E-state index >= 15 is 0 Å². The molecule has 1 saturated heterocycles. The van der Waals surface area contributed by atoms with Crippen molar-refractivity contribution in [1.82, 2.24) is 14.6 Å². The molecule has 2 rings (SSSR count). The Kier molecular flexibility index (Phi) is 5.46. The fourth-order valence-corrected chi connectivity index (χ4v) is 4.44. The molecule has 1 atom stereocenters. The van der Waals surface area contributed by atoms with Gasteiger partial charge in [0.2, 0.25) is 10.0 Å². The SMILES string of the molecule is CC(C)NCc1cc(S(=O)(=O)N2CCCCCC2C)c[nH]1. The number of aromatic nitrogens is 1. The molecule has 0 bridgehead atoms. The van der Waals surface area contributed by atoms with Crippen molar-refractivity contribution >= 4 is 10.0 Å². The lowest BCUT2D eigenvalue weighted by Gasteiger charge is -2.25. The maximum Gasteiger partial charge on any atom is 0.244 e. The molecule has 6 heteroatoms. The van der Waals surface area contributed by atoms with Gasteiger partial charge < -0.3 is 10.3 Å². The Morgan fingerprint density at radius 3 is 2.86 bits per heavy atom. The zero-order chi connectivity index (χ0) is 15.5. The Labute approximate surface area is 128 Å². The van der Waals surface area contributed by atoms with Gasteiger partial charge in [0.25, 0.3) is 0 Å². The van der Waals surface area contributed by atoms with Crippen LogP contribution in [0.25, 0.3) is 0 Å². The maximum absolute atomic E-state index is 12.8. The highest BCUT2D eigenvalue weighted by Crippen LogP contribution is 2.24. The fourth-order valence-electron chi connectivity index (χ4n) is 2.72. The summed E-state index contributed by atoms with van der Waals surface area (Å²) in [6, 6.07) is 2.21. The van der Waals surface area contributed by atoms with Crippen molar-refractivity contribution in [1.29, 1.82) is 0 Å². The van der Waals surface area contributed by atoms with Gasteiger partial charge in [0.1, 0.15) is 0 Å². The van der Waals surface area contributed by atoms with E-state index in [0.717, 1.165) is 31.4 Å². The smallest absolute Gasteiger partial charge is 0.244 e. The minimum absolute atomic E-state index is 0.0876. The molecule has 0 saturated carbocycles. The number of nitrogens with one attached hydrogen (secondary N) is 2. The third kappa shape index (κ3) is 4.08. The van der Waals surface area contributed by atoms with Crippen LogP contribution in [0, 0.1) is 0 Å². The number of hydrogen-bond donors (Lipinski definition) is 2. The van der Waals surface area contributed by atoms with Gasteiger partial charge in [-0.3, -0.25) is 0 Å². The molecule has 0 spiro atoms. The van der Waals surface area contributed by atoms with Crippen molar-refractivity contribution in [2.24, 2.45) is 0 Å². The number of aromatic amines is 1. The predicted molar refractivity (Wildman–Crippen MR) is 84.6 cm³/mol. The topological polar surface area (TPSA) is 65.2 Å². The zero-order valence-corrected chi connectivity index (χ0v) is 14.0.